The smallest absolute Gasteiger partial charge is 0.244 e. The molecule has 0 atom stereocenters. The maximum absolute atomic E-state index is 11.9. The number of rotatable bonds is 6. The van der Waals surface area contributed by atoms with Crippen LogP contribution in [0.2, 0.25) is 5.15 Å². The van der Waals surface area contributed by atoms with Gasteiger partial charge in [-0.15, -0.1) is 0 Å². The third-order valence-electron chi connectivity index (χ3n) is 3.82. The molecule has 0 aromatic carbocycles. The highest BCUT2D eigenvalue weighted by Gasteiger charge is 2.22. The zero-order valence-corrected chi connectivity index (χ0v) is 13.5. The molecule has 2 rings (SSSR count). The number of aromatic nitrogens is 2. The Balaban J connectivity index is 2.07. The zero-order valence-electron chi connectivity index (χ0n) is 12.7. The van der Waals surface area contributed by atoms with E-state index in [9.17, 15) is 9.90 Å². The van der Waals surface area contributed by atoms with Crippen LogP contribution in [0.4, 0.5) is 0 Å². The van der Waals surface area contributed by atoms with Crippen molar-refractivity contribution in [2.24, 2.45) is 0 Å². The third kappa shape index (κ3) is 3.67. The summed E-state index contributed by atoms with van der Waals surface area (Å²) in [6, 6.07) is 5.58. The molecule has 0 aliphatic heterocycles. The number of halogens is 1. The third-order valence-corrected chi connectivity index (χ3v) is 4.10. The van der Waals surface area contributed by atoms with Gasteiger partial charge in [-0.3, -0.25) is 9.20 Å². The molecule has 0 aliphatic rings. The van der Waals surface area contributed by atoms with Gasteiger partial charge in [0.2, 0.25) is 5.91 Å². The van der Waals surface area contributed by atoms with Crippen molar-refractivity contribution in [1.29, 1.82) is 0 Å². The van der Waals surface area contributed by atoms with E-state index in [0.717, 1.165) is 5.65 Å². The maximum Gasteiger partial charge on any atom is 0.244 e. The Morgan fingerprint density at radius 1 is 1.45 bits per heavy atom. The molecule has 2 aromatic heterocycles. The summed E-state index contributed by atoms with van der Waals surface area (Å²) in [4.78, 5) is 16.1. The van der Waals surface area contributed by atoms with E-state index < -0.39 is 5.60 Å². The van der Waals surface area contributed by atoms with Crippen LogP contribution in [0.15, 0.2) is 30.5 Å². The lowest BCUT2D eigenvalue weighted by molar-refractivity contribution is -0.117. The fraction of sp³-hybridized carbons (Fsp3) is 0.375. The highest BCUT2D eigenvalue weighted by molar-refractivity contribution is 6.31. The fourth-order valence-electron chi connectivity index (χ4n) is 2.10. The average molecular weight is 322 g/mol. The summed E-state index contributed by atoms with van der Waals surface area (Å²) in [5, 5.41) is 13.2. The zero-order chi connectivity index (χ0) is 16.2. The number of fused-ring (bicyclic) bond motifs is 1. The predicted octanol–water partition coefficient (Wildman–Crippen LogP) is 2.67. The molecule has 2 heterocycles. The van der Waals surface area contributed by atoms with Crippen LogP contribution in [0.25, 0.3) is 11.7 Å². The van der Waals surface area contributed by atoms with Crippen LogP contribution in [0, 0.1) is 0 Å². The predicted molar refractivity (Wildman–Crippen MR) is 87.8 cm³/mol. The minimum Gasteiger partial charge on any atom is -0.388 e. The number of pyridine rings is 1. The summed E-state index contributed by atoms with van der Waals surface area (Å²) in [6.07, 6.45) is 6.03. The van der Waals surface area contributed by atoms with Gasteiger partial charge in [-0.1, -0.05) is 31.5 Å². The Morgan fingerprint density at radius 3 is 2.86 bits per heavy atom. The van der Waals surface area contributed by atoms with Crippen molar-refractivity contribution in [3.05, 3.63) is 41.3 Å². The van der Waals surface area contributed by atoms with Gasteiger partial charge in [0.1, 0.15) is 5.65 Å². The molecule has 0 fully saturated rings. The molecule has 0 unspecified atom stereocenters. The number of aliphatic hydroxyl groups is 1. The minimum absolute atomic E-state index is 0.226. The number of hydrogen-bond donors (Lipinski definition) is 2. The van der Waals surface area contributed by atoms with Crippen molar-refractivity contribution in [3.8, 4) is 0 Å². The van der Waals surface area contributed by atoms with Gasteiger partial charge in [0, 0.05) is 18.8 Å². The van der Waals surface area contributed by atoms with Crippen LogP contribution in [0.1, 0.15) is 32.4 Å². The highest BCUT2D eigenvalue weighted by Crippen LogP contribution is 2.18. The topological polar surface area (TPSA) is 66.6 Å². The van der Waals surface area contributed by atoms with Crippen molar-refractivity contribution in [1.82, 2.24) is 14.7 Å². The van der Waals surface area contributed by atoms with Crippen LogP contribution in [-0.4, -0.2) is 32.5 Å². The molecule has 0 saturated heterocycles. The monoisotopic (exact) mass is 321 g/mol. The van der Waals surface area contributed by atoms with Crippen molar-refractivity contribution in [2.45, 2.75) is 32.3 Å². The van der Waals surface area contributed by atoms with E-state index in [1.807, 2.05) is 38.2 Å². The maximum atomic E-state index is 11.9. The van der Waals surface area contributed by atoms with E-state index in [-0.39, 0.29) is 12.5 Å². The normalized spacial score (nSPS) is 12.2. The summed E-state index contributed by atoms with van der Waals surface area (Å²) in [5.74, 6) is -0.276. The molecule has 0 spiro atoms. The van der Waals surface area contributed by atoms with Crippen LogP contribution < -0.4 is 5.32 Å². The first kappa shape index (κ1) is 16.5. The van der Waals surface area contributed by atoms with Gasteiger partial charge in [-0.2, -0.15) is 0 Å². The van der Waals surface area contributed by atoms with E-state index in [1.165, 1.54) is 6.08 Å². The van der Waals surface area contributed by atoms with Gasteiger partial charge in [-0.25, -0.2) is 4.98 Å². The molecule has 6 heteroatoms. The number of nitrogens with one attached hydrogen (secondary N) is 1. The van der Waals surface area contributed by atoms with Crippen LogP contribution in [-0.2, 0) is 4.79 Å². The molecule has 2 N–H and O–H groups in total. The number of imidazole rings is 1. The summed E-state index contributed by atoms with van der Waals surface area (Å²) in [6.45, 7) is 4.01. The number of hydrogen-bond acceptors (Lipinski definition) is 3. The number of carbonyl (C=O) groups is 1. The summed E-state index contributed by atoms with van der Waals surface area (Å²) < 4.78 is 1.81. The van der Waals surface area contributed by atoms with Gasteiger partial charge in [0.15, 0.2) is 5.15 Å². The van der Waals surface area contributed by atoms with E-state index >= 15 is 0 Å². The Kier molecular flexibility index (Phi) is 5.21. The first-order valence-corrected chi connectivity index (χ1v) is 7.68. The molecule has 0 radical (unpaired) electrons. The minimum atomic E-state index is -0.857. The van der Waals surface area contributed by atoms with Gasteiger partial charge in [0.25, 0.3) is 0 Å². The molecule has 22 heavy (non-hydrogen) atoms. The molecule has 1 amide bonds. The van der Waals surface area contributed by atoms with Gasteiger partial charge < -0.3 is 10.4 Å². The van der Waals surface area contributed by atoms with Crippen LogP contribution >= 0.6 is 11.6 Å². The summed E-state index contributed by atoms with van der Waals surface area (Å²) >= 11 is 6.09. The molecule has 0 aliphatic carbocycles. The lowest BCUT2D eigenvalue weighted by Crippen LogP contribution is -2.41. The standard InChI is InChI=1S/C16H20ClN3O2/c1-3-16(22,4-2)11-18-14(21)9-8-12-15(17)19-13-7-5-6-10-20(12)13/h5-10,22H,3-4,11H2,1-2H3,(H,18,21). The van der Waals surface area contributed by atoms with Crippen molar-refractivity contribution in [3.63, 3.8) is 0 Å². The first-order valence-electron chi connectivity index (χ1n) is 7.30. The number of amides is 1. The molecule has 0 saturated carbocycles. The molecular weight excluding hydrogens is 302 g/mol. The van der Waals surface area contributed by atoms with Gasteiger partial charge >= 0.3 is 0 Å². The summed E-state index contributed by atoms with van der Waals surface area (Å²) in [7, 11) is 0. The van der Waals surface area contributed by atoms with E-state index in [2.05, 4.69) is 10.3 Å². The quantitative estimate of drug-likeness (QED) is 0.804. The Bertz CT molecular complexity index is 690. The van der Waals surface area contributed by atoms with E-state index in [0.29, 0.717) is 23.7 Å². The second-order valence-electron chi connectivity index (χ2n) is 5.20. The van der Waals surface area contributed by atoms with E-state index in [1.54, 1.807) is 10.5 Å². The largest absolute Gasteiger partial charge is 0.388 e. The molecular formula is C16H20ClN3O2. The molecule has 118 valence electrons. The Morgan fingerprint density at radius 2 is 2.18 bits per heavy atom. The van der Waals surface area contributed by atoms with Gasteiger partial charge in [-0.05, 0) is 31.1 Å². The van der Waals surface area contributed by atoms with Crippen molar-refractivity contribution in [2.75, 3.05) is 6.54 Å². The average Bonchev–Trinajstić information content (AvgIpc) is 2.86. The highest BCUT2D eigenvalue weighted by atomic mass is 35.5. The van der Waals surface area contributed by atoms with E-state index in [4.69, 9.17) is 11.6 Å². The van der Waals surface area contributed by atoms with Crippen LogP contribution in [0.3, 0.4) is 0 Å². The molecule has 5 nitrogen and oxygen atoms in total. The van der Waals surface area contributed by atoms with Crippen LogP contribution in [0.5, 0.6) is 0 Å². The lowest BCUT2D eigenvalue weighted by Gasteiger charge is -2.24. The van der Waals surface area contributed by atoms with Crippen molar-refractivity contribution < 1.29 is 9.90 Å². The Hall–Kier alpha value is -1.85. The van der Waals surface area contributed by atoms with Crippen molar-refractivity contribution >= 4 is 29.2 Å². The number of nitrogens with zero attached hydrogens (tertiary/aromatic N) is 2. The second-order valence-corrected chi connectivity index (χ2v) is 5.56. The Labute approximate surface area is 134 Å². The molecule has 0 bridgehead atoms. The SMILES string of the molecule is CCC(O)(CC)CNC(=O)C=Cc1c(Cl)nc2ccccn12. The number of carbonyl (C=O) groups excluding carboxylic acids is 1. The van der Waals surface area contributed by atoms with Gasteiger partial charge in [0.05, 0.1) is 11.3 Å². The lowest BCUT2D eigenvalue weighted by atomic mass is 9.98. The first-order chi connectivity index (χ1) is 10.5. The summed E-state index contributed by atoms with van der Waals surface area (Å²) in [5.41, 5.74) is 0.511. The second kappa shape index (κ2) is 6.94. The fourth-order valence-corrected chi connectivity index (χ4v) is 2.34. The molecule has 2 aromatic rings.